The number of nitrogens with zero attached hydrogens (tertiary/aromatic N) is 1. The summed E-state index contributed by atoms with van der Waals surface area (Å²) in [5.74, 6) is -0.171. The van der Waals surface area contributed by atoms with Gasteiger partial charge in [-0.05, 0) is 35.7 Å². The summed E-state index contributed by atoms with van der Waals surface area (Å²) >= 11 is 4.43. The van der Waals surface area contributed by atoms with Gasteiger partial charge in [0.15, 0.2) is 5.01 Å². The minimum atomic E-state index is -0.598. The number of para-hydroxylation sites is 1. The summed E-state index contributed by atoms with van der Waals surface area (Å²) in [6, 6.07) is 15.4. The lowest BCUT2D eigenvalue weighted by atomic mass is 10.2. The Morgan fingerprint density at radius 2 is 1.96 bits per heavy atom. The van der Waals surface area contributed by atoms with Crippen LogP contribution in [-0.4, -0.2) is 16.0 Å². The summed E-state index contributed by atoms with van der Waals surface area (Å²) in [4.78, 5) is 19.5. The maximum Gasteiger partial charge on any atom is 0.280 e. The third-order valence-electron chi connectivity index (χ3n) is 3.68. The van der Waals surface area contributed by atoms with Crippen LogP contribution in [0.25, 0.3) is 10.2 Å². The molecule has 126 valence electrons. The molecule has 0 unspecified atom stereocenters. The lowest BCUT2D eigenvalue weighted by molar-refractivity contribution is 0.0951. The first-order chi connectivity index (χ1) is 12.2. The number of nitrogens with one attached hydrogen (secondary N) is 1. The zero-order valence-electron chi connectivity index (χ0n) is 13.0. The van der Waals surface area contributed by atoms with Crippen molar-refractivity contribution in [2.45, 2.75) is 12.6 Å². The van der Waals surface area contributed by atoms with E-state index < -0.39 is 6.10 Å². The molecule has 3 heterocycles. The van der Waals surface area contributed by atoms with Crippen molar-refractivity contribution in [3.8, 4) is 0 Å². The first-order valence-electron chi connectivity index (χ1n) is 7.64. The molecule has 4 nitrogen and oxygen atoms in total. The standard InChI is InChI=1S/C18H14N2O2S3/c21-16(14-6-3-9-23-14)15-8-7-11(24-15)10-19-17(22)18-20-12-4-1-2-5-13(12)25-18/h1-9,16,21H,10H2,(H,19,22)/t16-/m0/s1. The summed E-state index contributed by atoms with van der Waals surface area (Å²) in [5.41, 5.74) is 0.843. The molecule has 0 saturated heterocycles. The first kappa shape index (κ1) is 16.4. The lowest BCUT2D eigenvalue weighted by Gasteiger charge is -2.05. The van der Waals surface area contributed by atoms with Crippen LogP contribution < -0.4 is 5.32 Å². The van der Waals surface area contributed by atoms with E-state index in [0.29, 0.717) is 11.6 Å². The van der Waals surface area contributed by atoms with E-state index in [0.717, 1.165) is 24.8 Å². The highest BCUT2D eigenvalue weighted by Gasteiger charge is 2.15. The van der Waals surface area contributed by atoms with E-state index in [9.17, 15) is 9.90 Å². The van der Waals surface area contributed by atoms with Crippen molar-refractivity contribution in [2.75, 3.05) is 0 Å². The smallest absolute Gasteiger partial charge is 0.280 e. The number of hydrogen-bond acceptors (Lipinski definition) is 6. The van der Waals surface area contributed by atoms with Crippen molar-refractivity contribution < 1.29 is 9.90 Å². The van der Waals surface area contributed by atoms with E-state index in [4.69, 9.17) is 0 Å². The molecule has 0 aliphatic carbocycles. The summed E-state index contributed by atoms with van der Waals surface area (Å²) in [5, 5.41) is 15.7. The molecule has 0 aliphatic heterocycles. The predicted octanol–water partition coefficient (Wildman–Crippen LogP) is 4.43. The van der Waals surface area contributed by atoms with Gasteiger partial charge in [0.1, 0.15) is 6.10 Å². The third-order valence-corrected chi connectivity index (χ3v) is 6.77. The van der Waals surface area contributed by atoms with Crippen LogP contribution in [0.5, 0.6) is 0 Å². The van der Waals surface area contributed by atoms with Gasteiger partial charge in [-0.1, -0.05) is 18.2 Å². The van der Waals surface area contributed by atoms with Gasteiger partial charge in [0.25, 0.3) is 5.91 Å². The summed E-state index contributed by atoms with van der Waals surface area (Å²) in [7, 11) is 0. The molecule has 1 atom stereocenters. The van der Waals surface area contributed by atoms with Crippen LogP contribution in [0.4, 0.5) is 0 Å². The number of carbonyl (C=O) groups is 1. The van der Waals surface area contributed by atoms with Crippen molar-refractivity contribution >= 4 is 50.1 Å². The van der Waals surface area contributed by atoms with Gasteiger partial charge in [-0.15, -0.1) is 34.0 Å². The number of benzene rings is 1. The average Bonchev–Trinajstić information content (AvgIpc) is 3.39. The molecule has 0 saturated carbocycles. The topological polar surface area (TPSA) is 62.2 Å². The second-order valence-corrected chi connectivity index (χ2v) is 8.60. The van der Waals surface area contributed by atoms with E-state index >= 15 is 0 Å². The van der Waals surface area contributed by atoms with E-state index in [2.05, 4.69) is 10.3 Å². The van der Waals surface area contributed by atoms with Gasteiger partial charge in [0.2, 0.25) is 0 Å². The zero-order valence-corrected chi connectivity index (χ0v) is 15.5. The van der Waals surface area contributed by atoms with Gasteiger partial charge >= 0.3 is 0 Å². The van der Waals surface area contributed by atoms with E-state index in [-0.39, 0.29) is 5.91 Å². The van der Waals surface area contributed by atoms with Crippen molar-refractivity contribution in [3.05, 3.63) is 73.6 Å². The molecule has 0 aliphatic rings. The molecule has 3 aromatic heterocycles. The Kier molecular flexibility index (Phi) is 4.63. The van der Waals surface area contributed by atoms with Crippen LogP contribution in [0.3, 0.4) is 0 Å². The van der Waals surface area contributed by atoms with Gasteiger partial charge in [-0.25, -0.2) is 4.98 Å². The predicted molar refractivity (Wildman–Crippen MR) is 103 cm³/mol. The molecule has 4 aromatic rings. The van der Waals surface area contributed by atoms with Gasteiger partial charge in [0.05, 0.1) is 16.8 Å². The minimum absolute atomic E-state index is 0.171. The molecule has 4 rings (SSSR count). The number of aromatic nitrogens is 1. The third kappa shape index (κ3) is 3.50. The first-order valence-corrected chi connectivity index (χ1v) is 10.2. The normalized spacial score (nSPS) is 12.4. The monoisotopic (exact) mass is 386 g/mol. The molecule has 25 heavy (non-hydrogen) atoms. The molecular formula is C18H14N2O2S3. The van der Waals surface area contributed by atoms with Crippen LogP contribution in [0, 0.1) is 0 Å². The lowest BCUT2D eigenvalue weighted by Crippen LogP contribution is -2.22. The number of aliphatic hydroxyl groups excluding tert-OH is 1. The number of thiazole rings is 1. The highest BCUT2D eigenvalue weighted by atomic mass is 32.1. The number of amides is 1. The minimum Gasteiger partial charge on any atom is -0.382 e. The highest BCUT2D eigenvalue weighted by Crippen LogP contribution is 2.31. The fourth-order valence-corrected chi connectivity index (χ4v) is 5.08. The number of aliphatic hydroxyl groups is 1. The Morgan fingerprint density at radius 1 is 1.08 bits per heavy atom. The molecule has 0 spiro atoms. The summed E-state index contributed by atoms with van der Waals surface area (Å²) in [6.45, 7) is 0.427. The number of rotatable bonds is 5. The SMILES string of the molecule is O=C(NCc1ccc([C@@H](O)c2cccs2)s1)c1nc2ccccc2s1. The maximum atomic E-state index is 12.3. The number of hydrogen-bond donors (Lipinski definition) is 2. The van der Waals surface area contributed by atoms with Gasteiger partial charge in [-0.3, -0.25) is 4.79 Å². The van der Waals surface area contributed by atoms with Crippen LogP contribution in [0.2, 0.25) is 0 Å². The quantitative estimate of drug-likeness (QED) is 0.533. The van der Waals surface area contributed by atoms with Crippen LogP contribution >= 0.6 is 34.0 Å². The fraction of sp³-hybridized carbons (Fsp3) is 0.111. The van der Waals surface area contributed by atoms with E-state index in [1.165, 1.54) is 34.0 Å². The summed E-state index contributed by atoms with van der Waals surface area (Å²) < 4.78 is 1.00. The zero-order chi connectivity index (χ0) is 17.2. The largest absolute Gasteiger partial charge is 0.382 e. The summed E-state index contributed by atoms with van der Waals surface area (Å²) in [6.07, 6.45) is -0.598. The van der Waals surface area contributed by atoms with Gasteiger partial charge in [-0.2, -0.15) is 0 Å². The van der Waals surface area contributed by atoms with Gasteiger partial charge < -0.3 is 10.4 Å². The van der Waals surface area contributed by atoms with Crippen LogP contribution in [0.15, 0.2) is 53.9 Å². The Morgan fingerprint density at radius 3 is 2.76 bits per heavy atom. The number of thiophene rings is 2. The molecule has 0 radical (unpaired) electrons. The molecule has 1 amide bonds. The Bertz CT molecular complexity index is 971. The molecule has 0 bridgehead atoms. The van der Waals surface area contributed by atoms with Crippen LogP contribution in [0.1, 0.15) is 30.5 Å². The Hall–Kier alpha value is -2.06. The Balaban J connectivity index is 1.42. The second kappa shape index (κ2) is 7.05. The van der Waals surface area contributed by atoms with Gasteiger partial charge in [0, 0.05) is 14.6 Å². The van der Waals surface area contributed by atoms with Crippen molar-refractivity contribution in [1.29, 1.82) is 0 Å². The highest BCUT2D eigenvalue weighted by molar-refractivity contribution is 7.20. The number of fused-ring (bicyclic) bond motifs is 1. The average molecular weight is 387 g/mol. The fourth-order valence-electron chi connectivity index (χ4n) is 2.44. The van der Waals surface area contributed by atoms with Crippen molar-refractivity contribution in [3.63, 3.8) is 0 Å². The number of carbonyl (C=O) groups excluding carboxylic acids is 1. The second-order valence-electron chi connectivity index (χ2n) is 5.39. The van der Waals surface area contributed by atoms with Crippen molar-refractivity contribution in [1.82, 2.24) is 10.3 Å². The van der Waals surface area contributed by atoms with Crippen molar-refractivity contribution in [2.24, 2.45) is 0 Å². The Labute approximate surface area is 156 Å². The molecular weight excluding hydrogens is 372 g/mol. The maximum absolute atomic E-state index is 12.3. The van der Waals surface area contributed by atoms with E-state index in [1.807, 2.05) is 53.9 Å². The van der Waals surface area contributed by atoms with E-state index in [1.54, 1.807) is 0 Å². The molecule has 1 aromatic carbocycles. The molecule has 0 fully saturated rings. The molecule has 7 heteroatoms. The molecule has 2 N–H and O–H groups in total. The van der Waals surface area contributed by atoms with Crippen LogP contribution in [-0.2, 0) is 6.54 Å².